The fraction of sp³-hybridized carbons (Fsp3) is 0.640. The van der Waals surface area contributed by atoms with E-state index in [0.29, 0.717) is 49.8 Å². The quantitative estimate of drug-likeness (QED) is 0.0223. The van der Waals surface area contributed by atoms with Gasteiger partial charge in [0.1, 0.15) is 72.5 Å². The average molecular weight is 1580 g/mol. The fourth-order valence-corrected chi connectivity index (χ4v) is 12.4. The number of aromatic nitrogens is 1. The van der Waals surface area contributed by atoms with Gasteiger partial charge in [0, 0.05) is 41.4 Å². The van der Waals surface area contributed by atoms with Gasteiger partial charge in [-0.05, 0) is 144 Å². The highest BCUT2D eigenvalue weighted by molar-refractivity contribution is 7.80. The molecule has 2 aromatic carbocycles. The number of aliphatic hydroxyl groups excluding tert-OH is 2. The first kappa shape index (κ1) is 95.8. The van der Waals surface area contributed by atoms with Crippen molar-refractivity contribution in [1.29, 1.82) is 0 Å². The standard InChI is InChI=1S/C75H124N18O15S2/c1-10-44(8)61(74(107)91-60(40-110)63(80)96)92-72(105)58(36-47-37-81-50-25-15-14-24-48(47)50)88-66(99)52(27-17-20-30-77)84-73(106)59(38-94)90-70(103)56(34-43(6)7)87-71(104)57(35-46-22-12-11-13-23-46)89-75(108)62(45(9)95)93-67(100)53(28-18-21-31-78)83-68(101)54(32-41(2)3)86-69(102)55(33-42(4)5)85-65(98)51(26-16-19-29-76)82-64(97)49(79)39-109/h11-15,22-25,37,41-45,49,51-62,81,94-95,109-110H,10,16-21,26-36,38-40,76-79H2,1-9H3,(H2,80,96)(H,82,97)(H,83,101)(H,84,106)(H,85,98)(H,86,102)(H,87,104)(H,88,99)(H,89,108)(H,90,103)(H,91,107)(H,92,105)(H,93,100)/t44-,45+,49-,51-,52-,53-,54-,55-,56-,57-,58-,59-,60-,61-,62-/m0/s1. The summed E-state index contributed by atoms with van der Waals surface area (Å²) < 4.78 is 0. The van der Waals surface area contributed by atoms with Crippen molar-refractivity contribution in [2.75, 3.05) is 37.7 Å². The van der Waals surface area contributed by atoms with Crippen molar-refractivity contribution < 1.29 is 72.5 Å². The molecule has 13 amide bonds. The lowest BCUT2D eigenvalue weighted by molar-refractivity contribution is -0.137. The Kier molecular flexibility index (Phi) is 43.9. The van der Waals surface area contributed by atoms with Gasteiger partial charge in [-0.2, -0.15) is 25.3 Å². The van der Waals surface area contributed by atoms with Crippen LogP contribution in [0.25, 0.3) is 10.9 Å². The number of nitrogens with two attached hydrogens (primary N) is 5. The molecule has 35 heteroatoms. The molecule has 3 aromatic rings. The number of aliphatic hydroxyl groups is 2. The van der Waals surface area contributed by atoms with Gasteiger partial charge in [0.2, 0.25) is 76.8 Å². The number of nitrogens with one attached hydrogen (secondary N) is 13. The Morgan fingerprint density at radius 3 is 1.20 bits per heavy atom. The molecule has 33 nitrogen and oxygen atoms in total. The van der Waals surface area contributed by atoms with Gasteiger partial charge in [-0.1, -0.05) is 110 Å². The Balaban J connectivity index is 1.97. The summed E-state index contributed by atoms with van der Waals surface area (Å²) >= 11 is 8.24. The maximum Gasteiger partial charge on any atom is 0.245 e. The first-order valence-electron chi connectivity index (χ1n) is 38.1. The van der Waals surface area contributed by atoms with Crippen LogP contribution in [-0.2, 0) is 75.2 Å². The van der Waals surface area contributed by atoms with E-state index in [9.17, 15) is 72.5 Å². The van der Waals surface area contributed by atoms with Gasteiger partial charge < -0.3 is 108 Å². The van der Waals surface area contributed by atoms with Crippen LogP contribution in [0.5, 0.6) is 0 Å². The smallest absolute Gasteiger partial charge is 0.245 e. The van der Waals surface area contributed by atoms with E-state index in [1.165, 1.54) is 6.92 Å². The molecular formula is C75H124N18O15S2. The zero-order chi connectivity index (χ0) is 82.3. The number of aromatic amines is 1. The number of rotatable bonds is 53. The molecule has 110 heavy (non-hydrogen) atoms. The molecule has 0 aliphatic rings. The predicted molar refractivity (Wildman–Crippen MR) is 425 cm³/mol. The lowest BCUT2D eigenvalue weighted by Gasteiger charge is -2.30. The number of hydrogen-bond acceptors (Lipinski definition) is 21. The van der Waals surface area contributed by atoms with E-state index in [-0.39, 0.29) is 107 Å². The molecule has 0 radical (unpaired) electrons. The Labute approximate surface area is 656 Å². The Bertz CT molecular complexity index is 3440. The summed E-state index contributed by atoms with van der Waals surface area (Å²) in [5.74, 6) is -12.3. The fourth-order valence-electron chi connectivity index (χ4n) is 12.0. The SMILES string of the molecule is CC[C@H](C)[C@H](NC(=O)[C@H](Cc1c[nH]c2ccccc12)NC(=O)[C@H](CCCCN)NC(=O)[C@H](CO)NC(=O)[C@H](CC(C)C)NC(=O)[C@H](Cc1ccccc1)NC(=O)[C@@H](NC(=O)[C@H](CCCCN)NC(=O)[C@H](CC(C)C)NC(=O)[C@H](CC(C)C)NC(=O)[C@H](CCCCN)NC(=O)[C@@H](N)CS)[C@@H](C)O)C(=O)N[C@@H](CS)C(N)=O. The molecule has 1 aromatic heterocycles. The molecule has 0 spiro atoms. The van der Waals surface area contributed by atoms with Crippen LogP contribution in [0.1, 0.15) is 157 Å². The molecule has 0 aliphatic heterocycles. The van der Waals surface area contributed by atoms with E-state index in [1.54, 1.807) is 84.1 Å². The molecule has 0 aliphatic carbocycles. The van der Waals surface area contributed by atoms with Crippen molar-refractivity contribution >= 4 is 113 Å². The van der Waals surface area contributed by atoms with Crippen LogP contribution in [0.4, 0.5) is 0 Å². The Morgan fingerprint density at radius 1 is 0.418 bits per heavy atom. The number of carbonyl (C=O) groups excluding carboxylic acids is 13. The van der Waals surface area contributed by atoms with Gasteiger partial charge >= 0.3 is 0 Å². The van der Waals surface area contributed by atoms with Crippen LogP contribution >= 0.6 is 25.3 Å². The largest absolute Gasteiger partial charge is 0.394 e. The first-order valence-corrected chi connectivity index (χ1v) is 39.3. The van der Waals surface area contributed by atoms with Gasteiger partial charge in [0.05, 0.1) is 18.8 Å². The van der Waals surface area contributed by atoms with Crippen LogP contribution < -0.4 is 92.5 Å². The third kappa shape index (κ3) is 33.2. The molecule has 616 valence electrons. The molecule has 0 saturated heterocycles. The second kappa shape index (κ2) is 50.4. The topological polar surface area (TPSA) is 553 Å². The summed E-state index contributed by atoms with van der Waals surface area (Å²) in [5.41, 5.74) is 30.7. The Morgan fingerprint density at radius 2 is 0.773 bits per heavy atom. The van der Waals surface area contributed by atoms with E-state index in [0.717, 1.165) is 10.9 Å². The van der Waals surface area contributed by atoms with E-state index >= 15 is 0 Å². The van der Waals surface area contributed by atoms with Crippen molar-refractivity contribution in [3.63, 3.8) is 0 Å². The zero-order valence-electron chi connectivity index (χ0n) is 65.0. The summed E-state index contributed by atoms with van der Waals surface area (Å²) in [4.78, 5) is 187. The second-order valence-electron chi connectivity index (χ2n) is 29.3. The average Bonchev–Trinajstić information content (AvgIpc) is 1.71. The molecule has 1 heterocycles. The highest BCUT2D eigenvalue weighted by atomic mass is 32.1. The number of primary amides is 1. The van der Waals surface area contributed by atoms with Crippen LogP contribution in [-0.4, -0.2) is 214 Å². The minimum Gasteiger partial charge on any atom is -0.394 e. The number of benzene rings is 2. The normalized spacial score (nSPS) is 15.6. The predicted octanol–water partition coefficient (Wildman–Crippen LogP) is -1.61. The van der Waals surface area contributed by atoms with E-state index < -0.39 is 174 Å². The summed E-state index contributed by atoms with van der Waals surface area (Å²) in [6.45, 7) is 15.2. The maximum atomic E-state index is 14.8. The van der Waals surface area contributed by atoms with Crippen LogP contribution in [0.3, 0.4) is 0 Å². The third-order valence-electron chi connectivity index (χ3n) is 18.5. The lowest BCUT2D eigenvalue weighted by atomic mass is 9.96. The number of fused-ring (bicyclic) bond motifs is 1. The molecule has 0 bridgehead atoms. The van der Waals surface area contributed by atoms with Crippen LogP contribution in [0.2, 0.25) is 0 Å². The lowest BCUT2D eigenvalue weighted by Crippen LogP contribution is -2.62. The van der Waals surface area contributed by atoms with E-state index in [4.69, 9.17) is 28.7 Å². The molecule has 25 N–H and O–H groups in total. The highest BCUT2D eigenvalue weighted by Crippen LogP contribution is 2.21. The number of thiol groups is 2. The molecule has 0 saturated carbocycles. The maximum absolute atomic E-state index is 14.8. The van der Waals surface area contributed by atoms with Crippen molar-refractivity contribution in [1.82, 2.24) is 68.8 Å². The monoisotopic (exact) mass is 1580 g/mol. The molecular weight excluding hydrogens is 1460 g/mol. The van der Waals surface area contributed by atoms with Crippen molar-refractivity contribution in [3.05, 3.63) is 71.9 Å². The summed E-state index contributed by atoms with van der Waals surface area (Å²) in [7, 11) is 0. The van der Waals surface area contributed by atoms with Gasteiger partial charge in [-0.3, -0.25) is 62.3 Å². The van der Waals surface area contributed by atoms with Gasteiger partial charge in [-0.15, -0.1) is 0 Å². The van der Waals surface area contributed by atoms with Gasteiger partial charge in [-0.25, -0.2) is 0 Å². The number of para-hydroxylation sites is 1. The first-order chi connectivity index (χ1) is 52.2. The Hall–Kier alpha value is -8.45. The van der Waals surface area contributed by atoms with Gasteiger partial charge in [0.15, 0.2) is 0 Å². The number of amides is 13. The number of H-pyrrole nitrogens is 1. The van der Waals surface area contributed by atoms with Crippen molar-refractivity contribution in [3.8, 4) is 0 Å². The third-order valence-corrected chi connectivity index (χ3v) is 19.2. The minimum absolute atomic E-state index is 0.00332. The summed E-state index contributed by atoms with van der Waals surface area (Å²) in [6, 6.07) is -2.14. The molecule has 3 rings (SSSR count). The van der Waals surface area contributed by atoms with Crippen LogP contribution in [0, 0.1) is 23.7 Å². The van der Waals surface area contributed by atoms with Gasteiger partial charge in [0.25, 0.3) is 0 Å². The number of unbranched alkanes of at least 4 members (excludes halogenated alkanes) is 3. The van der Waals surface area contributed by atoms with E-state index in [1.807, 2.05) is 32.0 Å². The van der Waals surface area contributed by atoms with Crippen molar-refractivity contribution in [2.45, 2.75) is 243 Å². The highest BCUT2D eigenvalue weighted by Gasteiger charge is 2.39. The summed E-state index contributed by atoms with van der Waals surface area (Å²) in [5, 5.41) is 54.7. The van der Waals surface area contributed by atoms with Crippen molar-refractivity contribution in [2.24, 2.45) is 52.3 Å². The molecule has 0 fully saturated rings. The number of hydrogen-bond donors (Lipinski definition) is 22. The van der Waals surface area contributed by atoms with Crippen LogP contribution in [0.15, 0.2) is 60.8 Å². The molecule has 0 unspecified atom stereocenters. The zero-order valence-corrected chi connectivity index (χ0v) is 66.8. The van der Waals surface area contributed by atoms with E-state index in [2.05, 4.69) is 94.0 Å². The minimum atomic E-state index is -1.80. The number of carbonyl (C=O) groups is 13. The summed E-state index contributed by atoms with van der Waals surface area (Å²) in [6.07, 6.45) is 2.63. The molecule has 15 atom stereocenters. The second-order valence-corrected chi connectivity index (χ2v) is 30.0.